The van der Waals surface area contributed by atoms with Crippen LogP contribution >= 0.6 is 0 Å². The van der Waals surface area contributed by atoms with E-state index >= 15 is 0 Å². The third-order valence-electron chi connectivity index (χ3n) is 2.66. The number of rotatable bonds is 5. The van der Waals surface area contributed by atoms with Crippen LogP contribution < -0.4 is 0 Å². The second-order valence-corrected chi connectivity index (χ2v) is 4.22. The summed E-state index contributed by atoms with van der Waals surface area (Å²) in [6.07, 6.45) is 12.0. The molecule has 0 aliphatic carbocycles. The molecule has 0 saturated carbocycles. The number of benzene rings is 1. The van der Waals surface area contributed by atoms with Crippen LogP contribution in [0.5, 0.6) is 0 Å². The predicted molar refractivity (Wildman–Crippen MR) is 83.1 cm³/mol. The van der Waals surface area contributed by atoms with Gasteiger partial charge in [-0.15, -0.1) is 0 Å². The van der Waals surface area contributed by atoms with Gasteiger partial charge >= 0.3 is 5.97 Å². The average Bonchev–Trinajstić information content (AvgIpc) is 2.53. The van der Waals surface area contributed by atoms with Gasteiger partial charge in [0.05, 0.1) is 18.5 Å². The molecule has 1 aromatic heterocycles. The highest BCUT2D eigenvalue weighted by atomic mass is 16.5. The van der Waals surface area contributed by atoms with Gasteiger partial charge in [-0.05, 0) is 30.2 Å². The highest BCUT2D eigenvalue weighted by molar-refractivity contribution is 5.87. The maximum absolute atomic E-state index is 11.2. The van der Waals surface area contributed by atoms with Gasteiger partial charge < -0.3 is 4.74 Å². The molecular formula is C17H16N2O2. The van der Waals surface area contributed by atoms with Gasteiger partial charge in [0.1, 0.15) is 0 Å². The molecule has 2 aromatic rings. The summed E-state index contributed by atoms with van der Waals surface area (Å²) < 4.78 is 4.83. The molecule has 0 aliphatic heterocycles. The van der Waals surface area contributed by atoms with Crippen molar-refractivity contribution in [1.82, 2.24) is 9.97 Å². The van der Waals surface area contributed by atoms with Crippen LogP contribution in [-0.2, 0) is 9.53 Å². The van der Waals surface area contributed by atoms with Crippen LogP contribution in [0.15, 0.2) is 48.9 Å². The van der Waals surface area contributed by atoms with Crippen LogP contribution in [-0.4, -0.2) is 22.5 Å². The van der Waals surface area contributed by atoms with Crippen LogP contribution in [0.25, 0.3) is 18.2 Å². The fraction of sp³-hybridized carbons (Fsp3) is 0.118. The highest BCUT2D eigenvalue weighted by Gasteiger charge is 1.94. The minimum Gasteiger partial charge on any atom is -0.463 e. The Morgan fingerprint density at radius 2 is 1.81 bits per heavy atom. The lowest BCUT2D eigenvalue weighted by atomic mass is 10.1. The normalized spacial score (nSPS) is 11.1. The number of hydrogen-bond acceptors (Lipinski definition) is 4. The van der Waals surface area contributed by atoms with E-state index in [1.807, 2.05) is 36.4 Å². The molecule has 0 spiro atoms. The maximum Gasteiger partial charge on any atom is 0.330 e. The van der Waals surface area contributed by atoms with Crippen LogP contribution in [0.4, 0.5) is 0 Å². The van der Waals surface area contributed by atoms with Crippen molar-refractivity contribution >= 4 is 24.2 Å². The lowest BCUT2D eigenvalue weighted by Gasteiger charge is -1.97. The Morgan fingerprint density at radius 1 is 1.10 bits per heavy atom. The van der Waals surface area contributed by atoms with E-state index < -0.39 is 0 Å². The van der Waals surface area contributed by atoms with E-state index in [9.17, 15) is 4.79 Å². The molecule has 4 nitrogen and oxygen atoms in total. The van der Waals surface area contributed by atoms with Gasteiger partial charge in [0, 0.05) is 18.5 Å². The van der Waals surface area contributed by atoms with Gasteiger partial charge in [0.15, 0.2) is 0 Å². The first kappa shape index (κ1) is 14.7. The van der Waals surface area contributed by atoms with E-state index in [-0.39, 0.29) is 5.97 Å². The largest absolute Gasteiger partial charge is 0.463 e. The molecule has 2 rings (SSSR count). The quantitative estimate of drug-likeness (QED) is 0.623. The van der Waals surface area contributed by atoms with Gasteiger partial charge in [-0.25, -0.2) is 4.79 Å². The zero-order chi connectivity index (χ0) is 14.9. The molecule has 0 atom stereocenters. The van der Waals surface area contributed by atoms with Crippen molar-refractivity contribution in [3.63, 3.8) is 0 Å². The number of esters is 1. The summed E-state index contributed by atoms with van der Waals surface area (Å²) in [5.41, 5.74) is 2.80. The summed E-state index contributed by atoms with van der Waals surface area (Å²) in [7, 11) is 0. The van der Waals surface area contributed by atoms with Gasteiger partial charge in [0.25, 0.3) is 0 Å². The summed E-state index contributed by atoms with van der Waals surface area (Å²) in [6.45, 7) is 2.17. The Balaban J connectivity index is 1.99. The summed E-state index contributed by atoms with van der Waals surface area (Å²) in [5.74, 6) is -0.330. The summed E-state index contributed by atoms with van der Waals surface area (Å²) in [5, 5.41) is 0. The molecule has 1 aromatic carbocycles. The topological polar surface area (TPSA) is 52.1 Å². The number of carbonyl (C=O) groups is 1. The van der Waals surface area contributed by atoms with Crippen LogP contribution in [0.1, 0.15) is 23.7 Å². The summed E-state index contributed by atoms with van der Waals surface area (Å²) in [6, 6.07) is 7.81. The van der Waals surface area contributed by atoms with Crippen molar-refractivity contribution in [3.8, 4) is 0 Å². The van der Waals surface area contributed by atoms with Gasteiger partial charge in [0.2, 0.25) is 0 Å². The number of carbonyl (C=O) groups excluding carboxylic acids is 1. The molecule has 0 radical (unpaired) electrons. The zero-order valence-corrected chi connectivity index (χ0v) is 11.8. The molecule has 0 fully saturated rings. The van der Waals surface area contributed by atoms with E-state index in [4.69, 9.17) is 4.74 Å². The Hall–Kier alpha value is -2.75. The van der Waals surface area contributed by atoms with Crippen molar-refractivity contribution < 1.29 is 9.53 Å². The molecular weight excluding hydrogens is 264 g/mol. The number of hydrogen-bond donors (Lipinski definition) is 0. The van der Waals surface area contributed by atoms with Crippen molar-refractivity contribution in [2.24, 2.45) is 0 Å². The van der Waals surface area contributed by atoms with E-state index in [1.165, 1.54) is 6.08 Å². The molecule has 0 bridgehead atoms. The van der Waals surface area contributed by atoms with E-state index in [2.05, 4.69) is 9.97 Å². The predicted octanol–water partition coefficient (Wildman–Crippen LogP) is 3.22. The summed E-state index contributed by atoms with van der Waals surface area (Å²) >= 11 is 0. The first-order valence-corrected chi connectivity index (χ1v) is 6.67. The maximum atomic E-state index is 11.2. The Morgan fingerprint density at radius 3 is 2.43 bits per heavy atom. The first-order chi connectivity index (χ1) is 10.3. The zero-order valence-electron chi connectivity index (χ0n) is 11.8. The fourth-order valence-electron chi connectivity index (χ4n) is 1.65. The Labute approximate surface area is 123 Å². The van der Waals surface area contributed by atoms with Gasteiger partial charge in [-0.2, -0.15) is 0 Å². The Bertz CT molecular complexity index is 632. The van der Waals surface area contributed by atoms with Gasteiger partial charge in [-0.3, -0.25) is 9.97 Å². The van der Waals surface area contributed by atoms with Crippen LogP contribution in [0, 0.1) is 0 Å². The first-order valence-electron chi connectivity index (χ1n) is 6.67. The molecule has 1 heterocycles. The number of nitrogens with zero attached hydrogens (tertiary/aromatic N) is 2. The smallest absolute Gasteiger partial charge is 0.330 e. The number of aromatic nitrogens is 2. The monoisotopic (exact) mass is 280 g/mol. The Kier molecular flexibility index (Phi) is 5.41. The molecule has 21 heavy (non-hydrogen) atoms. The fourth-order valence-corrected chi connectivity index (χ4v) is 1.65. The molecule has 4 heteroatoms. The van der Waals surface area contributed by atoms with Gasteiger partial charge in [-0.1, -0.05) is 30.3 Å². The lowest BCUT2D eigenvalue weighted by Crippen LogP contribution is -1.98. The van der Waals surface area contributed by atoms with Crippen molar-refractivity contribution in [2.45, 2.75) is 6.92 Å². The van der Waals surface area contributed by atoms with E-state index in [0.717, 1.165) is 16.8 Å². The highest BCUT2D eigenvalue weighted by Crippen LogP contribution is 2.09. The van der Waals surface area contributed by atoms with Crippen LogP contribution in [0.2, 0.25) is 0 Å². The molecule has 0 N–H and O–H groups in total. The van der Waals surface area contributed by atoms with Crippen molar-refractivity contribution in [3.05, 3.63) is 65.8 Å². The van der Waals surface area contributed by atoms with E-state index in [1.54, 1.807) is 31.6 Å². The molecule has 0 aliphatic rings. The third kappa shape index (κ3) is 5.03. The van der Waals surface area contributed by atoms with E-state index in [0.29, 0.717) is 6.61 Å². The lowest BCUT2D eigenvalue weighted by molar-refractivity contribution is -0.137. The standard InChI is InChI=1S/C17H16N2O2/c1-2-21-17(20)10-8-15-5-3-14(4-6-15)7-9-16-13-18-11-12-19-16/h3-13H,2H2,1H3/b9-7+,10-8+. The third-order valence-corrected chi connectivity index (χ3v) is 2.66. The summed E-state index contributed by atoms with van der Waals surface area (Å²) in [4.78, 5) is 19.4. The minimum absolute atomic E-state index is 0.330. The second-order valence-electron chi connectivity index (χ2n) is 4.22. The second kappa shape index (κ2) is 7.75. The molecule has 0 unspecified atom stereocenters. The molecule has 0 saturated heterocycles. The molecule has 106 valence electrons. The van der Waals surface area contributed by atoms with Crippen molar-refractivity contribution in [2.75, 3.05) is 6.61 Å². The van der Waals surface area contributed by atoms with Crippen molar-refractivity contribution in [1.29, 1.82) is 0 Å². The SMILES string of the molecule is CCOC(=O)/C=C/c1ccc(/C=C/c2cnccn2)cc1. The average molecular weight is 280 g/mol. The minimum atomic E-state index is -0.330. The number of ether oxygens (including phenoxy) is 1. The van der Waals surface area contributed by atoms with Crippen LogP contribution in [0.3, 0.4) is 0 Å². The molecule has 0 amide bonds.